The Morgan fingerprint density at radius 3 is 2.43 bits per heavy atom. The summed E-state index contributed by atoms with van der Waals surface area (Å²) in [6.07, 6.45) is 9.20. The molecule has 1 aromatic carbocycles. The third kappa shape index (κ3) is 2.34. The second kappa shape index (κ2) is 5.51. The van der Waals surface area contributed by atoms with Crippen LogP contribution in [0.1, 0.15) is 61.4 Å². The summed E-state index contributed by atoms with van der Waals surface area (Å²) in [5.41, 5.74) is 1.41. The summed E-state index contributed by atoms with van der Waals surface area (Å²) in [5.74, 6) is 2.79. The largest absolute Gasteiger partial charge is 0.455 e. The molecule has 4 fully saturated rings. The fourth-order valence-corrected chi connectivity index (χ4v) is 5.82. The first-order valence-corrected chi connectivity index (χ1v) is 9.10. The van der Waals surface area contributed by atoms with Gasteiger partial charge in [-0.25, -0.2) is 4.79 Å². The normalized spacial score (nSPS) is 37.6. The van der Waals surface area contributed by atoms with E-state index in [1.807, 2.05) is 24.3 Å². The molecule has 0 unspecified atom stereocenters. The average molecular weight is 310 g/mol. The van der Waals surface area contributed by atoms with Crippen LogP contribution < -0.4 is 0 Å². The lowest BCUT2D eigenvalue weighted by molar-refractivity contribution is -0.176. The van der Waals surface area contributed by atoms with Crippen LogP contribution >= 0.6 is 0 Å². The first-order chi connectivity index (χ1) is 11.1. The van der Waals surface area contributed by atoms with Gasteiger partial charge in [0.05, 0.1) is 5.56 Å². The van der Waals surface area contributed by atoms with Crippen molar-refractivity contribution in [1.82, 2.24) is 0 Å². The number of carbonyl (C=O) groups excluding carboxylic acids is 1. The van der Waals surface area contributed by atoms with Gasteiger partial charge < -0.3 is 4.74 Å². The van der Waals surface area contributed by atoms with Gasteiger partial charge in [-0.3, -0.25) is 0 Å². The molecule has 122 valence electrons. The lowest BCUT2D eigenvalue weighted by atomic mass is 9.49. The van der Waals surface area contributed by atoms with E-state index in [-0.39, 0.29) is 11.6 Å². The highest BCUT2D eigenvalue weighted by Crippen LogP contribution is 2.60. The Kier molecular flexibility index (Phi) is 3.59. The predicted octanol–water partition coefficient (Wildman–Crippen LogP) is 5.09. The quantitative estimate of drug-likeness (QED) is 0.724. The first-order valence-electron chi connectivity index (χ1n) is 9.10. The van der Waals surface area contributed by atoms with Crippen LogP contribution in [0.3, 0.4) is 0 Å². The standard InChI is InChI=1S/C21H26O2/c1-3-14-6-5-7-17(9-14)20(22)23-21(4-2)18-10-15-8-16(12-18)13-19(21)11-15/h3,5-7,9,15-16,18-19H,1,4,8,10-13H2,2H3. The van der Waals surface area contributed by atoms with E-state index in [1.165, 1.54) is 32.1 Å². The SMILES string of the molecule is C=Cc1cccc(C(=O)OC2(CC)C3CC4CC(C3)CC2C4)c1. The molecule has 0 spiro atoms. The van der Waals surface area contributed by atoms with E-state index in [1.54, 1.807) is 6.08 Å². The second-order valence-electron chi connectivity index (χ2n) is 7.83. The zero-order chi connectivity index (χ0) is 16.0. The van der Waals surface area contributed by atoms with Crippen LogP contribution in [0.5, 0.6) is 0 Å². The maximum atomic E-state index is 12.8. The zero-order valence-electron chi connectivity index (χ0n) is 14.0. The molecular formula is C21H26O2. The molecule has 0 aliphatic heterocycles. The van der Waals surface area contributed by atoms with Gasteiger partial charge in [-0.15, -0.1) is 0 Å². The Morgan fingerprint density at radius 2 is 1.87 bits per heavy atom. The van der Waals surface area contributed by atoms with Crippen molar-refractivity contribution in [2.45, 2.75) is 51.0 Å². The summed E-state index contributed by atoms with van der Waals surface area (Å²) in [6.45, 7) is 5.99. The van der Waals surface area contributed by atoms with Gasteiger partial charge >= 0.3 is 5.97 Å². The third-order valence-electron chi connectivity index (χ3n) is 6.71. The molecule has 1 aromatic rings. The lowest BCUT2D eigenvalue weighted by Crippen LogP contribution is -2.59. The average Bonchev–Trinajstić information content (AvgIpc) is 2.57. The van der Waals surface area contributed by atoms with Crippen LogP contribution in [-0.2, 0) is 4.74 Å². The molecule has 4 aliphatic rings. The van der Waals surface area contributed by atoms with Crippen molar-refractivity contribution in [3.05, 3.63) is 42.0 Å². The van der Waals surface area contributed by atoms with Crippen LogP contribution in [0.4, 0.5) is 0 Å². The number of ether oxygens (including phenoxy) is 1. The van der Waals surface area contributed by atoms with Crippen molar-refractivity contribution in [2.24, 2.45) is 23.7 Å². The molecular weight excluding hydrogens is 284 g/mol. The molecule has 5 rings (SSSR count). The van der Waals surface area contributed by atoms with Crippen LogP contribution in [0.2, 0.25) is 0 Å². The van der Waals surface area contributed by atoms with E-state index in [0.29, 0.717) is 17.4 Å². The summed E-state index contributed by atoms with van der Waals surface area (Å²) >= 11 is 0. The van der Waals surface area contributed by atoms with E-state index in [4.69, 9.17) is 4.74 Å². The molecule has 0 N–H and O–H groups in total. The number of esters is 1. The second-order valence-corrected chi connectivity index (χ2v) is 7.83. The molecule has 0 saturated heterocycles. The highest BCUT2D eigenvalue weighted by molar-refractivity contribution is 5.90. The van der Waals surface area contributed by atoms with E-state index in [0.717, 1.165) is 23.8 Å². The van der Waals surface area contributed by atoms with Crippen LogP contribution in [0.15, 0.2) is 30.8 Å². The summed E-state index contributed by atoms with van der Waals surface area (Å²) in [6, 6.07) is 7.61. The number of benzene rings is 1. The molecule has 23 heavy (non-hydrogen) atoms. The molecule has 4 saturated carbocycles. The van der Waals surface area contributed by atoms with E-state index < -0.39 is 0 Å². The van der Waals surface area contributed by atoms with E-state index in [9.17, 15) is 4.79 Å². The lowest BCUT2D eigenvalue weighted by Gasteiger charge is -2.60. The number of hydrogen-bond donors (Lipinski definition) is 0. The monoisotopic (exact) mass is 310 g/mol. The van der Waals surface area contributed by atoms with Crippen LogP contribution in [0.25, 0.3) is 6.08 Å². The molecule has 0 radical (unpaired) electrons. The Labute approximate surface area is 138 Å². The van der Waals surface area contributed by atoms with Gasteiger partial charge in [0.2, 0.25) is 0 Å². The van der Waals surface area contributed by atoms with E-state index >= 15 is 0 Å². The topological polar surface area (TPSA) is 26.3 Å². The maximum absolute atomic E-state index is 12.8. The van der Waals surface area contributed by atoms with Crippen molar-refractivity contribution in [1.29, 1.82) is 0 Å². The van der Waals surface area contributed by atoms with Crippen molar-refractivity contribution >= 4 is 12.0 Å². The minimum absolute atomic E-state index is 0.150. The first kappa shape index (κ1) is 15.0. The fraction of sp³-hybridized carbons (Fsp3) is 0.571. The molecule has 0 amide bonds. The van der Waals surface area contributed by atoms with E-state index in [2.05, 4.69) is 13.5 Å². The Morgan fingerprint density at radius 1 is 1.22 bits per heavy atom. The van der Waals surface area contributed by atoms with Crippen molar-refractivity contribution in [3.8, 4) is 0 Å². The molecule has 2 heteroatoms. The minimum atomic E-state index is -0.214. The van der Waals surface area contributed by atoms with Gasteiger partial charge in [0.1, 0.15) is 5.60 Å². The number of hydrogen-bond acceptors (Lipinski definition) is 2. The molecule has 0 heterocycles. The number of carbonyl (C=O) groups is 1. The van der Waals surface area contributed by atoms with Gasteiger partial charge in [0, 0.05) is 0 Å². The molecule has 2 nitrogen and oxygen atoms in total. The molecule has 4 aliphatic carbocycles. The Balaban J connectivity index is 1.60. The Hall–Kier alpha value is -1.57. The smallest absolute Gasteiger partial charge is 0.338 e. The maximum Gasteiger partial charge on any atom is 0.338 e. The van der Waals surface area contributed by atoms with Gasteiger partial charge in [0.25, 0.3) is 0 Å². The Bertz CT molecular complexity index is 602. The highest BCUT2D eigenvalue weighted by atomic mass is 16.6. The van der Waals surface area contributed by atoms with Crippen molar-refractivity contribution < 1.29 is 9.53 Å². The molecule has 4 bridgehead atoms. The predicted molar refractivity (Wildman–Crippen MR) is 92.0 cm³/mol. The van der Waals surface area contributed by atoms with Crippen molar-refractivity contribution in [3.63, 3.8) is 0 Å². The molecule has 0 atom stereocenters. The summed E-state index contributed by atoms with van der Waals surface area (Å²) in [4.78, 5) is 12.8. The van der Waals surface area contributed by atoms with Crippen LogP contribution in [-0.4, -0.2) is 11.6 Å². The molecule has 0 aromatic heterocycles. The highest BCUT2D eigenvalue weighted by Gasteiger charge is 2.58. The number of rotatable bonds is 4. The van der Waals surface area contributed by atoms with Crippen LogP contribution in [0, 0.1) is 23.7 Å². The summed E-state index contributed by atoms with van der Waals surface area (Å²) in [5, 5.41) is 0. The van der Waals surface area contributed by atoms with Gasteiger partial charge in [0.15, 0.2) is 0 Å². The van der Waals surface area contributed by atoms with Gasteiger partial charge in [-0.1, -0.05) is 31.7 Å². The fourth-order valence-electron chi connectivity index (χ4n) is 5.82. The third-order valence-corrected chi connectivity index (χ3v) is 6.71. The zero-order valence-corrected chi connectivity index (χ0v) is 14.0. The summed E-state index contributed by atoms with van der Waals surface area (Å²) < 4.78 is 6.28. The minimum Gasteiger partial charge on any atom is -0.455 e. The van der Waals surface area contributed by atoms with Crippen molar-refractivity contribution in [2.75, 3.05) is 0 Å². The summed E-state index contributed by atoms with van der Waals surface area (Å²) in [7, 11) is 0. The van der Waals surface area contributed by atoms with Gasteiger partial charge in [-0.2, -0.15) is 0 Å². The van der Waals surface area contributed by atoms with Gasteiger partial charge in [-0.05, 0) is 79.9 Å².